The quantitative estimate of drug-likeness (QED) is 0.793. The molecule has 0 bridgehead atoms. The van der Waals surface area contributed by atoms with Crippen molar-refractivity contribution in [3.8, 4) is 11.5 Å². The number of halogens is 1. The molecule has 8 nitrogen and oxygen atoms in total. The van der Waals surface area contributed by atoms with Gasteiger partial charge in [0, 0.05) is 18.7 Å². The molecule has 0 aliphatic carbocycles. The van der Waals surface area contributed by atoms with Crippen molar-refractivity contribution in [2.45, 2.75) is 19.5 Å². The number of sulfonamides is 1. The summed E-state index contributed by atoms with van der Waals surface area (Å²) in [5.74, 6) is -0.641. The van der Waals surface area contributed by atoms with Crippen LogP contribution in [0.15, 0.2) is 33.5 Å². The van der Waals surface area contributed by atoms with Gasteiger partial charge in [-0.2, -0.15) is 4.68 Å². The standard InChI is InChI=1S/C16H21FN4O4S/c1-26(23,24)18-9-12-3-2-8-20(10-12)11-21-16(22)25-15(19-21)13-4-6-14(17)7-5-13/h4-7,12,18H,2-3,8-11H2,1H3/t12-/m1/s1. The average Bonchev–Trinajstić information content (AvgIpc) is 2.94. The topological polar surface area (TPSA) is 97.4 Å². The zero-order chi connectivity index (χ0) is 18.7. The highest BCUT2D eigenvalue weighted by Gasteiger charge is 2.22. The van der Waals surface area contributed by atoms with Gasteiger partial charge in [-0.25, -0.2) is 22.3 Å². The van der Waals surface area contributed by atoms with E-state index in [1.807, 2.05) is 4.90 Å². The van der Waals surface area contributed by atoms with Crippen molar-refractivity contribution in [1.82, 2.24) is 19.4 Å². The number of nitrogens with one attached hydrogen (secondary N) is 1. The highest BCUT2D eigenvalue weighted by Crippen LogP contribution is 2.18. The minimum Gasteiger partial charge on any atom is -0.388 e. The second-order valence-corrected chi connectivity index (χ2v) is 8.36. The summed E-state index contributed by atoms with van der Waals surface area (Å²) in [6.07, 6.45) is 2.97. The maximum absolute atomic E-state index is 13.0. The van der Waals surface area contributed by atoms with Crippen LogP contribution in [0.1, 0.15) is 12.8 Å². The first-order valence-corrected chi connectivity index (χ1v) is 10.2. The fourth-order valence-corrected chi connectivity index (χ4v) is 3.55. The van der Waals surface area contributed by atoms with E-state index in [0.717, 1.165) is 25.6 Å². The number of hydrogen-bond acceptors (Lipinski definition) is 6. The number of piperidine rings is 1. The van der Waals surface area contributed by atoms with Crippen molar-refractivity contribution >= 4 is 10.0 Å². The van der Waals surface area contributed by atoms with Crippen molar-refractivity contribution in [2.75, 3.05) is 25.9 Å². The molecular formula is C16H21FN4O4S. The van der Waals surface area contributed by atoms with Crippen LogP contribution in [0.5, 0.6) is 0 Å². The molecular weight excluding hydrogens is 363 g/mol. The van der Waals surface area contributed by atoms with Crippen LogP contribution in [0.4, 0.5) is 4.39 Å². The van der Waals surface area contributed by atoms with Gasteiger partial charge in [-0.1, -0.05) is 0 Å². The predicted octanol–water partition coefficient (Wildman–Crippen LogP) is 0.861. The summed E-state index contributed by atoms with van der Waals surface area (Å²) in [6, 6.07) is 5.55. The molecule has 0 spiro atoms. The summed E-state index contributed by atoms with van der Waals surface area (Å²) in [5, 5.41) is 4.18. The molecule has 1 fully saturated rings. The van der Waals surface area contributed by atoms with Crippen LogP contribution < -0.4 is 10.5 Å². The lowest BCUT2D eigenvalue weighted by atomic mass is 9.99. The molecule has 1 aromatic heterocycles. The largest absolute Gasteiger partial charge is 0.438 e. The molecule has 1 aliphatic heterocycles. The van der Waals surface area contributed by atoms with Gasteiger partial charge in [-0.05, 0) is 49.6 Å². The van der Waals surface area contributed by atoms with E-state index < -0.39 is 15.8 Å². The molecule has 2 aromatic rings. The number of benzene rings is 1. The number of aromatic nitrogens is 2. The molecule has 2 heterocycles. The highest BCUT2D eigenvalue weighted by molar-refractivity contribution is 7.88. The smallest absolute Gasteiger partial charge is 0.388 e. The van der Waals surface area contributed by atoms with Crippen LogP contribution in [-0.4, -0.2) is 49.0 Å². The van der Waals surface area contributed by atoms with Crippen molar-refractivity contribution in [3.63, 3.8) is 0 Å². The van der Waals surface area contributed by atoms with Crippen LogP contribution in [0.3, 0.4) is 0 Å². The number of likely N-dealkylation sites (tertiary alicyclic amines) is 1. The Morgan fingerprint density at radius 3 is 2.77 bits per heavy atom. The first-order chi connectivity index (χ1) is 12.3. The third-order valence-corrected chi connectivity index (χ3v) is 4.96. The Kier molecular flexibility index (Phi) is 5.54. The number of rotatable bonds is 6. The lowest BCUT2D eigenvalue weighted by molar-refractivity contribution is 0.129. The van der Waals surface area contributed by atoms with Gasteiger partial charge in [0.25, 0.3) is 0 Å². The van der Waals surface area contributed by atoms with Crippen molar-refractivity contribution in [3.05, 3.63) is 40.6 Å². The summed E-state index contributed by atoms with van der Waals surface area (Å²) < 4.78 is 44.4. The highest BCUT2D eigenvalue weighted by atomic mass is 32.2. The van der Waals surface area contributed by atoms with E-state index in [1.54, 1.807) is 0 Å². The number of nitrogens with zero attached hydrogens (tertiary/aromatic N) is 3. The van der Waals surface area contributed by atoms with Gasteiger partial charge in [0.05, 0.1) is 6.26 Å². The number of hydrogen-bond donors (Lipinski definition) is 1. The summed E-state index contributed by atoms with van der Waals surface area (Å²) >= 11 is 0. The van der Waals surface area contributed by atoms with Crippen LogP contribution in [0, 0.1) is 11.7 Å². The minimum atomic E-state index is -3.21. The Hall–Kier alpha value is -2.04. The molecule has 0 amide bonds. The normalized spacial score (nSPS) is 18.9. The van der Waals surface area contributed by atoms with Crippen LogP contribution >= 0.6 is 0 Å². The minimum absolute atomic E-state index is 0.141. The average molecular weight is 384 g/mol. The molecule has 1 aromatic carbocycles. The monoisotopic (exact) mass is 384 g/mol. The van der Waals surface area contributed by atoms with E-state index >= 15 is 0 Å². The molecule has 142 valence electrons. The Balaban J connectivity index is 1.65. The molecule has 1 atom stereocenters. The summed E-state index contributed by atoms with van der Waals surface area (Å²) in [5.41, 5.74) is 0.524. The third kappa shape index (κ3) is 4.99. The molecule has 26 heavy (non-hydrogen) atoms. The van der Waals surface area contributed by atoms with E-state index in [1.165, 1.54) is 28.9 Å². The van der Waals surface area contributed by atoms with Gasteiger partial charge < -0.3 is 4.42 Å². The second-order valence-electron chi connectivity index (χ2n) is 6.53. The molecule has 3 rings (SSSR count). The molecule has 1 saturated heterocycles. The second kappa shape index (κ2) is 7.68. The van der Waals surface area contributed by atoms with E-state index in [9.17, 15) is 17.6 Å². The Labute approximate surface area is 150 Å². The zero-order valence-electron chi connectivity index (χ0n) is 14.4. The predicted molar refractivity (Wildman–Crippen MR) is 93.3 cm³/mol. The zero-order valence-corrected chi connectivity index (χ0v) is 15.2. The van der Waals surface area contributed by atoms with Gasteiger partial charge in [0.2, 0.25) is 15.9 Å². The fourth-order valence-electron chi connectivity index (χ4n) is 3.01. The van der Waals surface area contributed by atoms with Gasteiger partial charge in [0.15, 0.2) is 0 Å². The van der Waals surface area contributed by atoms with Gasteiger partial charge in [0.1, 0.15) is 12.5 Å². The lowest BCUT2D eigenvalue weighted by Crippen LogP contribution is -2.42. The van der Waals surface area contributed by atoms with Crippen molar-refractivity contribution in [1.29, 1.82) is 0 Å². The van der Waals surface area contributed by atoms with Crippen LogP contribution in [0.25, 0.3) is 11.5 Å². The Morgan fingerprint density at radius 1 is 1.35 bits per heavy atom. The lowest BCUT2D eigenvalue weighted by Gasteiger charge is -2.32. The van der Waals surface area contributed by atoms with Gasteiger partial charge >= 0.3 is 5.76 Å². The summed E-state index contributed by atoms with van der Waals surface area (Å²) in [4.78, 5) is 14.1. The molecule has 1 N–H and O–H groups in total. The Morgan fingerprint density at radius 2 is 2.08 bits per heavy atom. The molecule has 0 radical (unpaired) electrons. The van der Waals surface area contributed by atoms with Crippen molar-refractivity contribution in [2.24, 2.45) is 5.92 Å². The first-order valence-electron chi connectivity index (χ1n) is 8.31. The third-order valence-electron chi connectivity index (χ3n) is 4.27. The van der Waals surface area contributed by atoms with E-state index in [4.69, 9.17) is 4.42 Å². The first kappa shape index (κ1) is 18.7. The van der Waals surface area contributed by atoms with E-state index in [2.05, 4.69) is 9.82 Å². The summed E-state index contributed by atoms with van der Waals surface area (Å²) in [6.45, 7) is 2.09. The molecule has 0 saturated carbocycles. The molecule has 10 heteroatoms. The molecule has 1 aliphatic rings. The maximum atomic E-state index is 13.0. The van der Waals surface area contributed by atoms with Gasteiger partial charge in [-0.3, -0.25) is 4.90 Å². The Bertz CT molecular complexity index is 907. The summed E-state index contributed by atoms with van der Waals surface area (Å²) in [7, 11) is -3.21. The SMILES string of the molecule is CS(=O)(=O)NC[C@H]1CCCN(Cn2nc(-c3ccc(F)cc3)oc2=O)C1. The van der Waals surface area contributed by atoms with Gasteiger partial charge in [-0.15, -0.1) is 5.10 Å². The van der Waals surface area contributed by atoms with E-state index in [0.29, 0.717) is 18.7 Å². The fraction of sp³-hybridized carbons (Fsp3) is 0.500. The maximum Gasteiger partial charge on any atom is 0.438 e. The molecule has 0 unspecified atom stereocenters. The van der Waals surface area contributed by atoms with Crippen molar-refractivity contribution < 1.29 is 17.2 Å². The van der Waals surface area contributed by atoms with Crippen LogP contribution in [0.2, 0.25) is 0 Å². The van der Waals surface area contributed by atoms with E-state index in [-0.39, 0.29) is 24.3 Å². The van der Waals surface area contributed by atoms with Crippen LogP contribution in [-0.2, 0) is 16.7 Å².